The van der Waals surface area contributed by atoms with Crippen LogP contribution in [0.2, 0.25) is 0 Å². The number of hydrogen-bond acceptors (Lipinski definition) is 5. The van der Waals surface area contributed by atoms with Gasteiger partial charge < -0.3 is 0 Å². The van der Waals surface area contributed by atoms with Crippen molar-refractivity contribution in [2.75, 3.05) is 0 Å². The molecule has 0 bridgehead atoms. The summed E-state index contributed by atoms with van der Waals surface area (Å²) in [4.78, 5) is 19.7. The monoisotopic (exact) mass is 369 g/mol. The molecule has 128 valence electrons. The van der Waals surface area contributed by atoms with Gasteiger partial charge in [-0.1, -0.05) is 30.0 Å². The Morgan fingerprint density at radius 3 is 2.72 bits per heavy atom. The van der Waals surface area contributed by atoms with Crippen molar-refractivity contribution >= 4 is 33.3 Å². The van der Waals surface area contributed by atoms with Gasteiger partial charge in [0, 0.05) is 16.7 Å². The Morgan fingerprint density at radius 2 is 2.04 bits per heavy atom. The van der Waals surface area contributed by atoms with Crippen LogP contribution in [0, 0.1) is 25.2 Å². The highest BCUT2D eigenvalue weighted by Gasteiger charge is 2.18. The molecule has 0 saturated heterocycles. The van der Waals surface area contributed by atoms with Crippen LogP contribution in [-0.2, 0) is 5.75 Å². The number of nitriles is 1. The lowest BCUT2D eigenvalue weighted by molar-refractivity contribution is 0.519. The summed E-state index contributed by atoms with van der Waals surface area (Å²) in [5, 5.41) is 10.7. The summed E-state index contributed by atoms with van der Waals surface area (Å²) in [7, 11) is 0. The Bertz CT molecular complexity index is 1040. The minimum atomic E-state index is 0.0257. The van der Waals surface area contributed by atoms with Gasteiger partial charge in [-0.15, -0.1) is 11.3 Å². The van der Waals surface area contributed by atoms with Gasteiger partial charge in [0.1, 0.15) is 4.83 Å². The second-order valence-corrected chi connectivity index (χ2v) is 8.33. The summed E-state index contributed by atoms with van der Waals surface area (Å²) in [5.41, 5.74) is 2.67. The summed E-state index contributed by atoms with van der Waals surface area (Å²) >= 11 is 3.08. The van der Waals surface area contributed by atoms with E-state index in [0.717, 1.165) is 26.2 Å². The van der Waals surface area contributed by atoms with Gasteiger partial charge in [0.25, 0.3) is 5.56 Å². The summed E-state index contributed by atoms with van der Waals surface area (Å²) in [6, 6.07) is 9.79. The maximum atomic E-state index is 13.0. The molecule has 0 spiro atoms. The molecule has 2 aromatic heterocycles. The Balaban J connectivity index is 2.08. The quantitative estimate of drug-likeness (QED) is 0.489. The van der Waals surface area contributed by atoms with E-state index in [2.05, 4.69) is 6.07 Å². The van der Waals surface area contributed by atoms with Crippen molar-refractivity contribution in [3.05, 3.63) is 56.2 Å². The average Bonchev–Trinajstić information content (AvgIpc) is 2.87. The summed E-state index contributed by atoms with van der Waals surface area (Å²) in [5.74, 6) is 0.609. The predicted molar refractivity (Wildman–Crippen MR) is 104 cm³/mol. The molecule has 0 atom stereocenters. The van der Waals surface area contributed by atoms with Crippen molar-refractivity contribution in [2.45, 2.75) is 44.6 Å². The topological polar surface area (TPSA) is 58.7 Å². The summed E-state index contributed by atoms with van der Waals surface area (Å²) in [6.45, 7) is 8.00. The molecule has 3 aromatic rings. The zero-order valence-corrected chi connectivity index (χ0v) is 16.3. The van der Waals surface area contributed by atoms with Crippen molar-refractivity contribution in [1.82, 2.24) is 9.55 Å². The molecule has 4 nitrogen and oxygen atoms in total. The molecular formula is C19H19N3OS2. The second-order valence-electron chi connectivity index (χ2n) is 6.18. The zero-order valence-electron chi connectivity index (χ0n) is 14.7. The molecule has 0 unspecified atom stereocenters. The normalized spacial score (nSPS) is 11.2. The molecule has 0 aliphatic heterocycles. The van der Waals surface area contributed by atoms with E-state index in [9.17, 15) is 10.1 Å². The van der Waals surface area contributed by atoms with E-state index in [4.69, 9.17) is 4.98 Å². The SMILES string of the molecule is Cc1sc2nc(SCc3ccccc3C#N)n(C(C)C)c(=O)c2c1C. The van der Waals surface area contributed by atoms with E-state index in [1.54, 1.807) is 15.9 Å². The first-order valence-electron chi connectivity index (χ1n) is 8.07. The number of benzene rings is 1. The molecule has 0 fully saturated rings. The second kappa shape index (κ2) is 7.03. The van der Waals surface area contributed by atoms with Crippen LogP contribution in [0.5, 0.6) is 0 Å². The zero-order chi connectivity index (χ0) is 18.1. The molecule has 0 amide bonds. The minimum absolute atomic E-state index is 0.0257. The third-order valence-corrected chi connectivity index (χ3v) is 6.32. The predicted octanol–water partition coefficient (Wildman–Crippen LogP) is 4.82. The molecule has 0 radical (unpaired) electrons. The van der Waals surface area contributed by atoms with Crippen LogP contribution in [0.3, 0.4) is 0 Å². The van der Waals surface area contributed by atoms with Gasteiger partial charge in [0.15, 0.2) is 5.16 Å². The average molecular weight is 370 g/mol. The van der Waals surface area contributed by atoms with Crippen LogP contribution < -0.4 is 5.56 Å². The molecule has 0 saturated carbocycles. The van der Waals surface area contributed by atoms with E-state index < -0.39 is 0 Å². The Kier molecular flexibility index (Phi) is 4.98. The maximum absolute atomic E-state index is 13.0. The van der Waals surface area contributed by atoms with Crippen molar-refractivity contribution in [1.29, 1.82) is 5.26 Å². The highest BCUT2D eigenvalue weighted by Crippen LogP contribution is 2.30. The standard InChI is InChI=1S/C19H19N3OS2/c1-11(2)22-18(23)16-12(3)13(4)25-17(16)21-19(22)24-10-15-8-6-5-7-14(15)9-20/h5-8,11H,10H2,1-4H3. The van der Waals surface area contributed by atoms with Crippen LogP contribution in [0.25, 0.3) is 10.2 Å². The molecule has 3 rings (SSSR count). The molecule has 0 N–H and O–H groups in total. The highest BCUT2D eigenvalue weighted by molar-refractivity contribution is 7.98. The molecule has 0 aliphatic carbocycles. The molecule has 25 heavy (non-hydrogen) atoms. The van der Waals surface area contributed by atoms with Crippen LogP contribution in [0.15, 0.2) is 34.2 Å². The van der Waals surface area contributed by atoms with Gasteiger partial charge in [-0.3, -0.25) is 9.36 Å². The number of aromatic nitrogens is 2. The van der Waals surface area contributed by atoms with E-state index in [0.29, 0.717) is 16.5 Å². The first-order valence-corrected chi connectivity index (χ1v) is 9.87. The van der Waals surface area contributed by atoms with Crippen LogP contribution >= 0.6 is 23.1 Å². The lowest BCUT2D eigenvalue weighted by Gasteiger charge is -2.15. The van der Waals surface area contributed by atoms with Crippen molar-refractivity contribution in [3.8, 4) is 6.07 Å². The van der Waals surface area contributed by atoms with Crippen molar-refractivity contribution in [2.24, 2.45) is 0 Å². The Labute approximate surface area is 155 Å². The molecule has 2 heterocycles. The number of thiophene rings is 1. The Hall–Kier alpha value is -2.10. The van der Waals surface area contributed by atoms with Gasteiger partial charge in [-0.25, -0.2) is 4.98 Å². The first kappa shape index (κ1) is 17.7. The van der Waals surface area contributed by atoms with E-state index in [-0.39, 0.29) is 11.6 Å². The fourth-order valence-electron chi connectivity index (χ4n) is 2.74. The van der Waals surface area contributed by atoms with Crippen molar-refractivity contribution < 1.29 is 0 Å². The number of nitrogens with zero attached hydrogens (tertiary/aromatic N) is 3. The summed E-state index contributed by atoms with van der Waals surface area (Å²) < 4.78 is 1.77. The van der Waals surface area contributed by atoms with Gasteiger partial charge in [0.2, 0.25) is 0 Å². The number of hydrogen-bond donors (Lipinski definition) is 0. The largest absolute Gasteiger partial charge is 0.284 e. The third-order valence-electron chi connectivity index (χ3n) is 4.21. The van der Waals surface area contributed by atoms with Gasteiger partial charge >= 0.3 is 0 Å². The lowest BCUT2D eigenvalue weighted by atomic mass is 10.1. The smallest absolute Gasteiger partial charge is 0.263 e. The molecular weight excluding hydrogens is 350 g/mol. The number of rotatable bonds is 4. The highest BCUT2D eigenvalue weighted by atomic mass is 32.2. The van der Waals surface area contributed by atoms with E-state index in [1.807, 2.05) is 52.0 Å². The molecule has 6 heteroatoms. The molecule has 0 aliphatic rings. The number of thioether (sulfide) groups is 1. The van der Waals surface area contributed by atoms with Crippen LogP contribution in [0.4, 0.5) is 0 Å². The fourth-order valence-corrected chi connectivity index (χ4v) is 4.94. The van der Waals surface area contributed by atoms with Crippen LogP contribution in [0.1, 0.15) is 41.5 Å². The maximum Gasteiger partial charge on any atom is 0.263 e. The van der Waals surface area contributed by atoms with Gasteiger partial charge in [-0.2, -0.15) is 5.26 Å². The van der Waals surface area contributed by atoms with Crippen molar-refractivity contribution in [3.63, 3.8) is 0 Å². The van der Waals surface area contributed by atoms with Gasteiger partial charge in [-0.05, 0) is 44.9 Å². The third kappa shape index (κ3) is 3.22. The minimum Gasteiger partial charge on any atom is -0.284 e. The fraction of sp³-hybridized carbons (Fsp3) is 0.316. The Morgan fingerprint density at radius 1 is 1.32 bits per heavy atom. The number of aryl methyl sites for hydroxylation is 2. The van der Waals surface area contributed by atoms with Crippen LogP contribution in [-0.4, -0.2) is 9.55 Å². The number of fused-ring (bicyclic) bond motifs is 1. The van der Waals surface area contributed by atoms with Gasteiger partial charge in [0.05, 0.1) is 17.0 Å². The molecule has 1 aromatic carbocycles. The summed E-state index contributed by atoms with van der Waals surface area (Å²) in [6.07, 6.45) is 0. The first-order chi connectivity index (χ1) is 11.9. The van der Waals surface area contributed by atoms with E-state index in [1.165, 1.54) is 11.8 Å². The lowest BCUT2D eigenvalue weighted by Crippen LogP contribution is -2.24. The van der Waals surface area contributed by atoms with E-state index >= 15 is 0 Å².